The largest absolute Gasteiger partial charge is 0.321 e. The molecule has 0 bridgehead atoms. The van der Waals surface area contributed by atoms with Crippen LogP contribution in [0, 0.1) is 0 Å². The van der Waals surface area contributed by atoms with E-state index in [2.05, 4.69) is 0 Å². The topological polar surface area (TPSA) is 77.2 Å². The first kappa shape index (κ1) is 14.9. The molecule has 0 radical (unpaired) electrons. The van der Waals surface area contributed by atoms with Crippen LogP contribution in [-0.4, -0.2) is 32.3 Å². The van der Waals surface area contributed by atoms with Crippen molar-refractivity contribution in [1.82, 2.24) is 0 Å². The molecule has 0 amide bonds. The Labute approximate surface area is 108 Å². The lowest BCUT2D eigenvalue weighted by Gasteiger charge is -2.10. The van der Waals surface area contributed by atoms with E-state index in [0.717, 1.165) is 5.56 Å². The molecule has 4 nitrogen and oxygen atoms in total. The van der Waals surface area contributed by atoms with Crippen molar-refractivity contribution < 1.29 is 13.2 Å². The number of benzene rings is 1. The third-order valence-corrected chi connectivity index (χ3v) is 3.68. The number of nitrogens with two attached hydrogens (primary N) is 1. The Balaban J connectivity index is 2.38. The molecule has 0 aromatic heterocycles. The average Bonchev–Trinajstić information content (AvgIpc) is 2.28. The first-order valence-corrected chi connectivity index (χ1v) is 7.94. The number of hydrogen-bond acceptors (Lipinski definition) is 4. The van der Waals surface area contributed by atoms with Gasteiger partial charge in [0.2, 0.25) is 0 Å². The lowest BCUT2D eigenvalue weighted by atomic mass is 10.0. The van der Waals surface area contributed by atoms with Gasteiger partial charge in [-0.2, -0.15) is 0 Å². The minimum Gasteiger partial charge on any atom is -0.321 e. The zero-order valence-corrected chi connectivity index (χ0v) is 11.3. The Morgan fingerprint density at radius 3 is 2.44 bits per heavy atom. The molecule has 1 aromatic rings. The molecule has 1 unspecified atom stereocenters. The third kappa shape index (κ3) is 5.93. The molecule has 0 heterocycles. The summed E-state index contributed by atoms with van der Waals surface area (Å²) in [5.74, 6) is -0.0425. The summed E-state index contributed by atoms with van der Waals surface area (Å²) in [6, 6.07) is 9.00. The molecular formula is C13H19NO3S. The van der Waals surface area contributed by atoms with Crippen molar-refractivity contribution in [2.45, 2.75) is 25.3 Å². The Morgan fingerprint density at radius 2 is 1.89 bits per heavy atom. The van der Waals surface area contributed by atoms with Crippen LogP contribution in [0.2, 0.25) is 0 Å². The number of hydrogen-bond donors (Lipinski definition) is 1. The van der Waals surface area contributed by atoms with Crippen LogP contribution in [-0.2, 0) is 21.1 Å². The molecule has 1 rings (SSSR count). The quantitative estimate of drug-likeness (QED) is 0.799. The van der Waals surface area contributed by atoms with Gasteiger partial charge in [0.1, 0.15) is 15.6 Å². The Bertz CT molecular complexity index is 482. The zero-order valence-electron chi connectivity index (χ0n) is 10.5. The normalized spacial score (nSPS) is 13.2. The zero-order chi connectivity index (χ0) is 13.6. The van der Waals surface area contributed by atoms with Gasteiger partial charge in [0.05, 0.1) is 11.8 Å². The summed E-state index contributed by atoms with van der Waals surface area (Å²) in [4.78, 5) is 11.7. The molecule has 100 valence electrons. The second-order valence-corrected chi connectivity index (χ2v) is 6.76. The molecule has 1 aromatic carbocycles. The SMILES string of the molecule is CS(=O)(=O)CCCC(=O)C(N)Cc1ccccc1. The minimum atomic E-state index is -3.00. The van der Waals surface area contributed by atoms with Crippen molar-refractivity contribution in [1.29, 1.82) is 0 Å². The highest BCUT2D eigenvalue weighted by Gasteiger charge is 2.14. The summed E-state index contributed by atoms with van der Waals surface area (Å²) in [6.07, 6.45) is 2.24. The van der Waals surface area contributed by atoms with Gasteiger partial charge in [0.15, 0.2) is 0 Å². The van der Waals surface area contributed by atoms with E-state index in [1.54, 1.807) is 0 Å². The van der Waals surface area contributed by atoms with Gasteiger partial charge in [-0.05, 0) is 18.4 Å². The molecular weight excluding hydrogens is 250 g/mol. The van der Waals surface area contributed by atoms with E-state index in [4.69, 9.17) is 5.73 Å². The summed E-state index contributed by atoms with van der Waals surface area (Å²) in [5, 5.41) is 0. The first-order chi connectivity index (χ1) is 8.38. The fourth-order valence-corrected chi connectivity index (χ4v) is 2.34. The van der Waals surface area contributed by atoms with E-state index >= 15 is 0 Å². The van der Waals surface area contributed by atoms with Crippen LogP contribution >= 0.6 is 0 Å². The highest BCUT2D eigenvalue weighted by atomic mass is 32.2. The summed E-state index contributed by atoms with van der Waals surface area (Å²) < 4.78 is 21.9. The number of carbonyl (C=O) groups is 1. The van der Waals surface area contributed by atoms with Crippen molar-refractivity contribution in [3.05, 3.63) is 35.9 Å². The Hall–Kier alpha value is -1.20. The van der Waals surface area contributed by atoms with Crippen molar-refractivity contribution in [2.75, 3.05) is 12.0 Å². The Morgan fingerprint density at radius 1 is 1.28 bits per heavy atom. The maximum atomic E-state index is 11.7. The lowest BCUT2D eigenvalue weighted by molar-refractivity contribution is -0.120. The average molecular weight is 269 g/mol. The molecule has 0 fully saturated rings. The summed E-state index contributed by atoms with van der Waals surface area (Å²) in [6.45, 7) is 0. The second-order valence-electron chi connectivity index (χ2n) is 4.50. The maximum Gasteiger partial charge on any atom is 0.149 e. The highest BCUT2D eigenvalue weighted by molar-refractivity contribution is 7.90. The van der Waals surface area contributed by atoms with Gasteiger partial charge in [-0.1, -0.05) is 30.3 Å². The van der Waals surface area contributed by atoms with Gasteiger partial charge in [0.25, 0.3) is 0 Å². The van der Waals surface area contributed by atoms with E-state index < -0.39 is 15.9 Å². The van der Waals surface area contributed by atoms with Crippen molar-refractivity contribution in [3.63, 3.8) is 0 Å². The van der Waals surface area contributed by atoms with Crippen LogP contribution in [0.25, 0.3) is 0 Å². The first-order valence-electron chi connectivity index (χ1n) is 5.88. The number of ketones is 1. The summed E-state index contributed by atoms with van der Waals surface area (Å²) in [5.41, 5.74) is 6.82. The molecule has 0 aliphatic rings. The maximum absolute atomic E-state index is 11.7. The molecule has 0 saturated heterocycles. The number of carbonyl (C=O) groups excluding carboxylic acids is 1. The summed E-state index contributed by atoms with van der Waals surface area (Å²) >= 11 is 0. The molecule has 5 heteroatoms. The standard InChI is InChI=1S/C13H19NO3S/c1-18(16,17)9-5-8-13(15)12(14)10-11-6-3-2-4-7-11/h2-4,6-7,12H,5,8-10,14H2,1H3. The van der Waals surface area contributed by atoms with Gasteiger partial charge in [0, 0.05) is 12.7 Å². The van der Waals surface area contributed by atoms with Crippen molar-refractivity contribution in [3.8, 4) is 0 Å². The van der Waals surface area contributed by atoms with E-state index in [1.807, 2.05) is 30.3 Å². The van der Waals surface area contributed by atoms with E-state index in [1.165, 1.54) is 6.26 Å². The van der Waals surface area contributed by atoms with Crippen LogP contribution < -0.4 is 5.73 Å². The van der Waals surface area contributed by atoms with Gasteiger partial charge >= 0.3 is 0 Å². The van der Waals surface area contributed by atoms with Gasteiger partial charge in [-0.15, -0.1) is 0 Å². The molecule has 18 heavy (non-hydrogen) atoms. The molecule has 2 N–H and O–H groups in total. The number of Topliss-reactive ketones (excluding diaryl/α,β-unsaturated/α-hetero) is 1. The van der Waals surface area contributed by atoms with Gasteiger partial charge < -0.3 is 5.73 Å². The fraction of sp³-hybridized carbons (Fsp3) is 0.462. The van der Waals surface area contributed by atoms with Crippen LogP contribution in [0.15, 0.2) is 30.3 Å². The third-order valence-electron chi connectivity index (χ3n) is 2.65. The molecule has 0 spiro atoms. The van der Waals surface area contributed by atoms with Gasteiger partial charge in [-0.3, -0.25) is 4.79 Å². The summed E-state index contributed by atoms with van der Waals surface area (Å²) in [7, 11) is -3.00. The van der Waals surface area contributed by atoms with E-state index in [9.17, 15) is 13.2 Å². The number of sulfone groups is 1. The van der Waals surface area contributed by atoms with Crippen LogP contribution in [0.4, 0.5) is 0 Å². The smallest absolute Gasteiger partial charge is 0.149 e. The van der Waals surface area contributed by atoms with E-state index in [-0.39, 0.29) is 18.0 Å². The molecule has 0 aliphatic heterocycles. The van der Waals surface area contributed by atoms with Crippen molar-refractivity contribution in [2.24, 2.45) is 5.73 Å². The van der Waals surface area contributed by atoms with Crippen LogP contribution in [0.1, 0.15) is 18.4 Å². The van der Waals surface area contributed by atoms with Crippen molar-refractivity contribution >= 4 is 15.6 Å². The van der Waals surface area contributed by atoms with E-state index in [0.29, 0.717) is 12.8 Å². The second kappa shape index (κ2) is 6.66. The predicted molar refractivity (Wildman–Crippen MR) is 72.1 cm³/mol. The van der Waals surface area contributed by atoms with Crippen LogP contribution in [0.3, 0.4) is 0 Å². The van der Waals surface area contributed by atoms with Crippen LogP contribution in [0.5, 0.6) is 0 Å². The minimum absolute atomic E-state index is 0.0385. The fourth-order valence-electron chi connectivity index (χ4n) is 1.68. The molecule has 0 saturated carbocycles. The Kier molecular flexibility index (Phi) is 5.50. The monoisotopic (exact) mass is 269 g/mol. The lowest BCUT2D eigenvalue weighted by Crippen LogP contribution is -2.32. The highest BCUT2D eigenvalue weighted by Crippen LogP contribution is 2.05. The predicted octanol–water partition coefficient (Wildman–Crippen LogP) is 0.950. The number of rotatable bonds is 7. The van der Waals surface area contributed by atoms with Gasteiger partial charge in [-0.25, -0.2) is 8.42 Å². The molecule has 0 aliphatic carbocycles. The molecule has 1 atom stereocenters.